The van der Waals surface area contributed by atoms with E-state index in [1.807, 2.05) is 24.3 Å². The van der Waals surface area contributed by atoms with Gasteiger partial charge in [-0.3, -0.25) is 4.79 Å². The molecule has 1 heterocycles. The minimum absolute atomic E-state index is 0.0559. The van der Waals surface area contributed by atoms with Crippen LogP contribution in [0.5, 0.6) is 0 Å². The third kappa shape index (κ3) is 4.57. The van der Waals surface area contributed by atoms with Gasteiger partial charge in [-0.05, 0) is 34.9 Å². The highest BCUT2D eigenvalue weighted by Crippen LogP contribution is 2.22. The van der Waals surface area contributed by atoms with E-state index in [1.165, 1.54) is 7.11 Å². The number of sulfone groups is 1. The van der Waals surface area contributed by atoms with Gasteiger partial charge in [-0.25, -0.2) is 8.42 Å². The predicted octanol–water partition coefficient (Wildman–Crippen LogP) is 3.19. The maximum Gasteiger partial charge on any atom is 0.251 e. The van der Waals surface area contributed by atoms with Gasteiger partial charge in [0.25, 0.3) is 5.91 Å². The first-order valence-electron chi connectivity index (χ1n) is 9.17. The molecule has 3 rings (SSSR count). The van der Waals surface area contributed by atoms with Gasteiger partial charge in [0.2, 0.25) is 0 Å². The van der Waals surface area contributed by atoms with Crippen molar-refractivity contribution in [3.63, 3.8) is 0 Å². The second-order valence-electron chi connectivity index (χ2n) is 6.91. The number of benzene rings is 2. The molecule has 2 atom stereocenters. The van der Waals surface area contributed by atoms with Crippen LogP contribution in [0, 0.1) is 0 Å². The molecule has 0 radical (unpaired) electrons. The van der Waals surface area contributed by atoms with Gasteiger partial charge in [0.1, 0.15) is 0 Å². The van der Waals surface area contributed by atoms with Crippen molar-refractivity contribution in [3.8, 4) is 0 Å². The minimum atomic E-state index is -3.18. The summed E-state index contributed by atoms with van der Waals surface area (Å²) in [6.45, 7) is 2.14. The van der Waals surface area contributed by atoms with Crippen molar-refractivity contribution in [1.29, 1.82) is 0 Å². The molecule has 0 aromatic heterocycles. The van der Waals surface area contributed by atoms with Gasteiger partial charge in [0, 0.05) is 12.7 Å². The van der Waals surface area contributed by atoms with Crippen LogP contribution in [0.3, 0.4) is 0 Å². The number of unbranched alkanes of at least 4 members (excludes halogenated alkanes) is 1. The number of fused-ring (bicyclic) bond motifs is 1. The fraction of sp³-hybridized carbons (Fsp3) is 0.381. The maximum atomic E-state index is 12.6. The first-order valence-corrected chi connectivity index (χ1v) is 11.0. The van der Waals surface area contributed by atoms with Crippen LogP contribution in [0.2, 0.25) is 0 Å². The van der Waals surface area contributed by atoms with Crippen LogP contribution in [0.4, 0.5) is 0 Å². The van der Waals surface area contributed by atoms with E-state index >= 15 is 0 Å². The molecular weight excluding hydrogens is 362 g/mol. The molecule has 1 amide bonds. The van der Waals surface area contributed by atoms with Crippen molar-refractivity contribution < 1.29 is 17.9 Å². The van der Waals surface area contributed by atoms with Crippen LogP contribution in [0.1, 0.15) is 35.7 Å². The Morgan fingerprint density at radius 3 is 2.81 bits per heavy atom. The van der Waals surface area contributed by atoms with Crippen molar-refractivity contribution in [2.24, 2.45) is 0 Å². The molecule has 0 bridgehead atoms. The third-order valence-electron chi connectivity index (χ3n) is 4.85. The molecule has 6 heteroatoms. The van der Waals surface area contributed by atoms with E-state index in [-0.39, 0.29) is 17.4 Å². The number of methoxy groups -OCH3 is 1. The number of hydrogen-bond acceptors (Lipinski definition) is 4. The van der Waals surface area contributed by atoms with Crippen LogP contribution >= 0.6 is 0 Å². The van der Waals surface area contributed by atoms with Crippen LogP contribution in [-0.2, 0) is 14.6 Å². The van der Waals surface area contributed by atoms with E-state index in [0.717, 1.165) is 29.2 Å². The monoisotopic (exact) mass is 387 g/mol. The fourth-order valence-electron chi connectivity index (χ4n) is 3.41. The quantitative estimate of drug-likeness (QED) is 0.826. The van der Waals surface area contributed by atoms with E-state index in [2.05, 4.69) is 30.5 Å². The molecule has 0 aliphatic carbocycles. The summed E-state index contributed by atoms with van der Waals surface area (Å²) in [5, 5.41) is 4.87. The zero-order chi connectivity index (χ0) is 19.4. The summed E-state index contributed by atoms with van der Waals surface area (Å²) >= 11 is 0. The molecule has 27 heavy (non-hydrogen) atoms. The van der Waals surface area contributed by atoms with Gasteiger partial charge in [0.05, 0.1) is 23.7 Å². The Hall–Kier alpha value is -2.18. The zero-order valence-corrected chi connectivity index (χ0v) is 16.5. The summed E-state index contributed by atoms with van der Waals surface area (Å²) in [5.41, 5.74) is 1.63. The number of rotatable bonds is 6. The number of carbonyl (C=O) groups excluding carboxylic acids is 1. The smallest absolute Gasteiger partial charge is 0.251 e. The Morgan fingerprint density at radius 1 is 1.26 bits per heavy atom. The molecule has 0 spiro atoms. The van der Waals surface area contributed by atoms with Crippen LogP contribution < -0.4 is 5.32 Å². The molecule has 1 aliphatic heterocycles. The fourth-order valence-corrected chi connectivity index (χ4v) is 5.26. The van der Waals surface area contributed by atoms with E-state index in [9.17, 15) is 13.2 Å². The van der Waals surface area contributed by atoms with Crippen molar-refractivity contribution >= 4 is 32.6 Å². The Balaban J connectivity index is 1.82. The summed E-state index contributed by atoms with van der Waals surface area (Å²) in [6.07, 6.45) is 5.89. The second-order valence-corrected chi connectivity index (χ2v) is 9.06. The SMILES string of the molecule is CCC/C=C/c1cccc2cc(C(=O)N[C@@H]3CS(=O)(=O)C[C@H]3OC)ccc12. The first kappa shape index (κ1) is 19.6. The van der Waals surface area contributed by atoms with Gasteiger partial charge in [-0.15, -0.1) is 0 Å². The second kappa shape index (κ2) is 8.23. The van der Waals surface area contributed by atoms with E-state index < -0.39 is 22.0 Å². The summed E-state index contributed by atoms with van der Waals surface area (Å²) < 4.78 is 28.8. The molecule has 0 unspecified atom stereocenters. The van der Waals surface area contributed by atoms with Crippen molar-refractivity contribution in [2.75, 3.05) is 18.6 Å². The zero-order valence-electron chi connectivity index (χ0n) is 15.6. The lowest BCUT2D eigenvalue weighted by Crippen LogP contribution is -2.43. The molecule has 2 aromatic rings. The molecule has 0 saturated carbocycles. The van der Waals surface area contributed by atoms with Crippen molar-refractivity contribution in [3.05, 3.63) is 53.6 Å². The predicted molar refractivity (Wildman–Crippen MR) is 109 cm³/mol. The Kier molecular flexibility index (Phi) is 5.97. The molecule has 1 saturated heterocycles. The Bertz CT molecular complexity index is 965. The van der Waals surface area contributed by atoms with Gasteiger partial charge >= 0.3 is 0 Å². The number of hydrogen-bond donors (Lipinski definition) is 1. The largest absolute Gasteiger partial charge is 0.378 e. The van der Waals surface area contributed by atoms with Gasteiger partial charge in [-0.1, -0.05) is 49.8 Å². The topological polar surface area (TPSA) is 72.5 Å². The average Bonchev–Trinajstić information content (AvgIpc) is 2.95. The summed E-state index contributed by atoms with van der Waals surface area (Å²) in [5.74, 6) is -0.426. The van der Waals surface area contributed by atoms with Gasteiger partial charge < -0.3 is 10.1 Å². The van der Waals surface area contributed by atoms with Gasteiger partial charge in [-0.2, -0.15) is 0 Å². The molecular formula is C21H25NO4S. The number of carbonyl (C=O) groups is 1. The molecule has 144 valence electrons. The summed E-state index contributed by atoms with van der Waals surface area (Å²) in [4.78, 5) is 12.6. The lowest BCUT2D eigenvalue weighted by molar-refractivity contribution is 0.0786. The first-order chi connectivity index (χ1) is 12.9. The maximum absolute atomic E-state index is 12.6. The lowest BCUT2D eigenvalue weighted by atomic mass is 10.0. The van der Waals surface area contributed by atoms with Crippen LogP contribution in [-0.4, -0.2) is 45.1 Å². The highest BCUT2D eigenvalue weighted by atomic mass is 32.2. The van der Waals surface area contributed by atoms with Crippen LogP contribution in [0.15, 0.2) is 42.5 Å². The Morgan fingerprint density at radius 2 is 2.07 bits per heavy atom. The van der Waals surface area contributed by atoms with E-state index in [1.54, 1.807) is 6.07 Å². The molecule has 5 nitrogen and oxygen atoms in total. The number of allylic oxidation sites excluding steroid dienone is 1. The number of nitrogens with one attached hydrogen (secondary N) is 1. The third-order valence-corrected chi connectivity index (χ3v) is 6.55. The normalized spacial score (nSPS) is 21.7. The number of amides is 1. The molecule has 1 aliphatic rings. The van der Waals surface area contributed by atoms with E-state index in [0.29, 0.717) is 5.56 Å². The van der Waals surface area contributed by atoms with Crippen molar-refractivity contribution in [2.45, 2.75) is 31.9 Å². The van der Waals surface area contributed by atoms with Crippen LogP contribution in [0.25, 0.3) is 16.8 Å². The van der Waals surface area contributed by atoms with Crippen molar-refractivity contribution in [1.82, 2.24) is 5.32 Å². The minimum Gasteiger partial charge on any atom is -0.378 e. The summed E-state index contributed by atoms with van der Waals surface area (Å²) in [6, 6.07) is 11.0. The number of ether oxygens (including phenoxy) is 1. The average molecular weight is 388 g/mol. The van der Waals surface area contributed by atoms with Gasteiger partial charge in [0.15, 0.2) is 9.84 Å². The molecule has 1 N–H and O–H groups in total. The highest BCUT2D eigenvalue weighted by molar-refractivity contribution is 7.91. The summed E-state index contributed by atoms with van der Waals surface area (Å²) in [7, 11) is -1.72. The van der Waals surface area contributed by atoms with E-state index in [4.69, 9.17) is 4.74 Å². The lowest BCUT2D eigenvalue weighted by Gasteiger charge is -2.18. The standard InChI is InChI=1S/C21H25NO4S/c1-3-4-5-7-15-8-6-9-16-12-17(10-11-18(15)16)21(23)22-19-13-27(24,25)14-20(19)26-2/h5-12,19-20H,3-4,13-14H2,1-2H3,(H,22,23)/b7-5+/t19-,20-/m1/s1. The Labute approximate surface area is 160 Å². The molecule has 1 fully saturated rings. The molecule has 2 aromatic carbocycles. The highest BCUT2D eigenvalue weighted by Gasteiger charge is 2.38.